The number of benzene rings is 2. The highest BCUT2D eigenvalue weighted by atomic mass is 127. The molecule has 8 aromatic rings. The average Bonchev–Trinajstić information content (AvgIpc) is 1.97. The van der Waals surface area contributed by atoms with Gasteiger partial charge in [-0.25, -0.2) is 37.6 Å². The lowest BCUT2D eigenvalue weighted by molar-refractivity contribution is 0.0509. The minimum absolute atomic E-state index is 0.0191. The third-order valence-electron chi connectivity index (χ3n) is 12.2. The second-order valence-electron chi connectivity index (χ2n) is 20.3. The Morgan fingerprint density at radius 1 is 0.689 bits per heavy atom. The number of hydrogen-bond donors (Lipinski definition) is 7. The highest BCUT2D eigenvalue weighted by molar-refractivity contribution is 14.1. The van der Waals surface area contributed by atoms with E-state index in [1.165, 1.54) is 68.0 Å². The van der Waals surface area contributed by atoms with Crippen molar-refractivity contribution in [2.45, 2.75) is 97.5 Å². The van der Waals surface area contributed by atoms with Gasteiger partial charge in [-0.1, -0.05) is 75.7 Å². The molecule has 32 heteroatoms. The standard InChI is InChI=1S/C20H19IN4O4S2.C16H20N2O4S.C11H10N2O4S.C6H7IN2O2S.C5H11Br/c1-11(2)7-8-25-20(27)16(18(26)17(23-25)14-4-3-9-30-14)19-22-13-6-5-12(21)10-15(13)31(28,29)24-19;1-4-22-16(21)12-14(19)13(11-6-5-9-23-11)17-18(15(12)20)8-7-10(2)3;1-2-17-11(16)7-9(14)8(12-13-10(7)15)6-4-3-5-18-6;7-4-1-2-5(8)6(3-4)12(9,10)11;1-5(2)3-4-6/h3-6,9-11,26H,7-8H2,1-2H3,(H,22,24);5-6,9-10,19H,4,7-8H2,1-3H3;3-5H,2H2,1H3,(H2,13,14,15);1-3H,8H2,(H2,9,10,11);5H,3-4H2,1-2H3. The molecular formula is C58H67BrI2N10O14S5. The van der Waals surface area contributed by atoms with Crippen LogP contribution >= 0.6 is 95.1 Å². The molecule has 0 bridgehead atoms. The number of hydrogen-bond acceptors (Lipinski definition) is 22. The number of aromatic nitrogens is 6. The third-order valence-corrected chi connectivity index (χ3v) is 18.9. The van der Waals surface area contributed by atoms with Crippen molar-refractivity contribution < 1.29 is 51.2 Å². The van der Waals surface area contributed by atoms with Crippen LogP contribution in [0.2, 0.25) is 0 Å². The van der Waals surface area contributed by atoms with E-state index in [1.807, 2.05) is 95.8 Å². The Labute approximate surface area is 567 Å². The number of anilines is 2. The normalized spacial score (nSPS) is 12.1. The molecule has 0 spiro atoms. The number of aryl methyl sites for hydroxylation is 2. The number of carbonyl (C=O) groups is 2. The van der Waals surface area contributed by atoms with Crippen LogP contribution in [-0.4, -0.2) is 98.2 Å². The summed E-state index contributed by atoms with van der Waals surface area (Å²) >= 11 is 11.4. The summed E-state index contributed by atoms with van der Waals surface area (Å²) in [5.41, 5.74) is 3.51. The third kappa shape index (κ3) is 20.3. The number of nitrogens with two attached hydrogens (primary N) is 2. The lowest BCUT2D eigenvalue weighted by Crippen LogP contribution is -2.34. The number of aromatic hydroxyl groups is 3. The molecule has 9 N–H and O–H groups in total. The number of amidine groups is 1. The number of nitrogens with one attached hydrogen (secondary N) is 2. The zero-order valence-corrected chi connectivity index (χ0v) is 59.9. The molecule has 24 nitrogen and oxygen atoms in total. The second kappa shape index (κ2) is 34.3. The van der Waals surface area contributed by atoms with Crippen LogP contribution in [0.15, 0.2) is 118 Å². The van der Waals surface area contributed by atoms with Gasteiger partial charge >= 0.3 is 11.9 Å². The first-order valence-electron chi connectivity index (χ1n) is 27.5. The molecule has 9 rings (SSSR count). The molecule has 7 heterocycles. The lowest BCUT2D eigenvalue weighted by Gasteiger charge is -2.20. The van der Waals surface area contributed by atoms with E-state index in [9.17, 15) is 56.1 Å². The van der Waals surface area contributed by atoms with Crippen LogP contribution in [0.5, 0.6) is 17.2 Å². The number of sulfonamides is 2. The van der Waals surface area contributed by atoms with Crippen LogP contribution in [0.25, 0.3) is 31.7 Å². The largest absolute Gasteiger partial charge is 0.505 e. The van der Waals surface area contributed by atoms with Gasteiger partial charge in [-0.05, 0) is 167 Å². The number of primary sulfonamides is 1. The smallest absolute Gasteiger partial charge is 0.347 e. The first-order chi connectivity index (χ1) is 42.4. The van der Waals surface area contributed by atoms with E-state index in [1.54, 1.807) is 61.7 Å². The molecule has 0 atom stereocenters. The van der Waals surface area contributed by atoms with E-state index in [4.69, 9.17) is 20.3 Å². The molecule has 6 aromatic heterocycles. The number of nitrogen functional groups attached to an aromatic ring is 1. The predicted molar refractivity (Wildman–Crippen MR) is 372 cm³/mol. The van der Waals surface area contributed by atoms with E-state index in [0.717, 1.165) is 24.8 Å². The number of alkyl halides is 1. The molecule has 1 aliphatic rings. The van der Waals surface area contributed by atoms with Crippen LogP contribution in [0.3, 0.4) is 0 Å². The topological polar surface area (TPSA) is 374 Å². The first-order valence-corrected chi connectivity index (χ1v) is 36.4. The average molecular weight is 1620 g/mol. The number of carbonyl (C=O) groups excluding carboxylic acids is 2. The molecule has 2 aromatic carbocycles. The van der Waals surface area contributed by atoms with E-state index in [0.29, 0.717) is 51.7 Å². The van der Waals surface area contributed by atoms with Gasteiger partial charge in [0.05, 0.1) is 39.2 Å². The molecule has 0 amide bonds. The van der Waals surface area contributed by atoms with Crippen LogP contribution in [-0.2, 0) is 42.6 Å². The molecule has 1 aliphatic heterocycles. The van der Waals surface area contributed by atoms with Gasteiger partial charge in [-0.2, -0.15) is 23.7 Å². The molecule has 90 heavy (non-hydrogen) atoms. The number of esters is 2. The first kappa shape index (κ1) is 74.3. The molecule has 0 saturated carbocycles. The molecule has 484 valence electrons. The maximum atomic E-state index is 13.2. The molecule has 0 unspecified atom stereocenters. The summed E-state index contributed by atoms with van der Waals surface area (Å²) < 4.78 is 64.9. The van der Waals surface area contributed by atoms with Gasteiger partial charge < -0.3 is 35.8 Å². The zero-order chi connectivity index (χ0) is 66.8. The summed E-state index contributed by atoms with van der Waals surface area (Å²) in [6.07, 6.45) is 2.73. The van der Waals surface area contributed by atoms with Gasteiger partial charge in [0.1, 0.15) is 32.4 Å². The van der Waals surface area contributed by atoms with Crippen molar-refractivity contribution in [2.75, 3.05) is 29.6 Å². The van der Waals surface area contributed by atoms with Crippen LogP contribution in [0, 0.1) is 24.9 Å². The van der Waals surface area contributed by atoms with E-state index >= 15 is 0 Å². The molecule has 0 fully saturated rings. The number of halogens is 3. The molecular weight excluding hydrogens is 1550 g/mol. The van der Waals surface area contributed by atoms with Crippen LogP contribution < -0.4 is 32.9 Å². The van der Waals surface area contributed by atoms with Crippen molar-refractivity contribution >= 4 is 144 Å². The Balaban J connectivity index is 0.000000221. The van der Waals surface area contributed by atoms with Crippen LogP contribution in [0.1, 0.15) is 101 Å². The van der Waals surface area contributed by atoms with Gasteiger partial charge in [0, 0.05) is 25.6 Å². The summed E-state index contributed by atoms with van der Waals surface area (Å²) in [5, 5.41) is 60.3. The predicted octanol–water partition coefficient (Wildman–Crippen LogP) is 11.1. The van der Waals surface area contributed by atoms with Gasteiger partial charge in [0.15, 0.2) is 34.2 Å². The Kier molecular flexibility index (Phi) is 28.3. The van der Waals surface area contributed by atoms with Crippen molar-refractivity contribution in [3.8, 4) is 49.0 Å². The maximum Gasteiger partial charge on any atom is 0.347 e. The van der Waals surface area contributed by atoms with E-state index < -0.39 is 71.5 Å². The summed E-state index contributed by atoms with van der Waals surface area (Å²) in [7, 11) is -7.74. The minimum atomic E-state index is -4.06. The van der Waals surface area contributed by atoms with Crippen molar-refractivity contribution in [2.24, 2.45) is 27.3 Å². The van der Waals surface area contributed by atoms with Crippen molar-refractivity contribution in [1.82, 2.24) is 29.8 Å². The number of aromatic amines is 1. The second-order valence-corrected chi connectivity index (χ2v) is 29.6. The lowest BCUT2D eigenvalue weighted by atomic mass is 10.1. The zero-order valence-electron chi connectivity index (χ0n) is 49.9. The Morgan fingerprint density at radius 2 is 1.16 bits per heavy atom. The number of fused-ring (bicyclic) bond motifs is 1. The fourth-order valence-electron chi connectivity index (χ4n) is 7.58. The van der Waals surface area contributed by atoms with Crippen LogP contribution in [0.4, 0.5) is 11.4 Å². The number of nitrogens with zero attached hydrogens (tertiary/aromatic N) is 6. The monoisotopic (exact) mass is 1620 g/mol. The molecule has 0 radical (unpaired) electrons. The van der Waals surface area contributed by atoms with Crippen molar-refractivity contribution in [3.05, 3.63) is 144 Å². The summed E-state index contributed by atoms with van der Waals surface area (Å²) in [6.45, 7) is 16.8. The van der Waals surface area contributed by atoms with Crippen molar-refractivity contribution in [1.29, 1.82) is 0 Å². The van der Waals surface area contributed by atoms with E-state index in [-0.39, 0.29) is 62.7 Å². The highest BCUT2D eigenvalue weighted by Crippen LogP contribution is 2.37. The van der Waals surface area contributed by atoms with Gasteiger partial charge in [0.25, 0.3) is 26.7 Å². The van der Waals surface area contributed by atoms with Gasteiger partial charge in [-0.3, -0.25) is 14.4 Å². The molecule has 0 saturated heterocycles. The summed E-state index contributed by atoms with van der Waals surface area (Å²) in [4.78, 5) is 62.9. The summed E-state index contributed by atoms with van der Waals surface area (Å²) in [5.74, 6) is -1.62. The van der Waals surface area contributed by atoms with Crippen molar-refractivity contribution in [3.63, 3.8) is 0 Å². The number of thiophene rings is 3. The minimum Gasteiger partial charge on any atom is -0.505 e. The highest BCUT2D eigenvalue weighted by Gasteiger charge is 2.32. The SMILES string of the molecule is CC(C)CCBr.CC(C)CCn1nc(-c2cccs2)c(O)c(C2=NS(=O)(=O)c3cc(I)ccc3N2)c1=O.CCOC(=O)c1c(O)c(-c2cccs2)n[nH]c1=O.CCOC(=O)c1c(O)c(-c2cccs2)nn(CCC(C)C)c1=O.Nc1ccc(I)cc1S(N)(=O)=O. The Morgan fingerprint density at radius 3 is 1.61 bits per heavy atom. The quantitative estimate of drug-likeness (QED) is 0.0193. The molecule has 0 aliphatic carbocycles. The maximum absolute atomic E-state index is 13.2. The number of rotatable bonds is 17. The summed E-state index contributed by atoms with van der Waals surface area (Å²) in [6, 6.07) is 20.2. The van der Waals surface area contributed by atoms with Gasteiger partial charge in [-0.15, -0.1) is 38.4 Å². The fourth-order valence-corrected chi connectivity index (χ4v) is 13.9. The fraction of sp³-hybridized carbons (Fsp3) is 0.328. The number of ether oxygens (including phenoxy) is 2. The Hall–Kier alpha value is -6.41. The van der Waals surface area contributed by atoms with Gasteiger partial charge in [0.2, 0.25) is 10.0 Å². The number of H-pyrrole nitrogens is 1. The van der Waals surface area contributed by atoms with E-state index in [2.05, 4.69) is 59.9 Å². The Bertz CT molecular complexity index is 4220.